The summed E-state index contributed by atoms with van der Waals surface area (Å²) < 4.78 is 5.45. The lowest BCUT2D eigenvalue weighted by molar-refractivity contribution is 0.0122. The average Bonchev–Trinajstić information content (AvgIpc) is 2.98. The van der Waals surface area contributed by atoms with Crippen LogP contribution in [0.4, 0.5) is 4.79 Å². The third kappa shape index (κ3) is 3.87. The van der Waals surface area contributed by atoms with E-state index in [1.807, 2.05) is 25.7 Å². The highest BCUT2D eigenvalue weighted by molar-refractivity contribution is 5.68. The topological polar surface area (TPSA) is 41.6 Å². The lowest BCUT2D eigenvalue weighted by Gasteiger charge is -2.41. The van der Waals surface area contributed by atoms with Gasteiger partial charge in [-0.1, -0.05) is 0 Å². The molecule has 0 aromatic rings. The summed E-state index contributed by atoms with van der Waals surface area (Å²) in [6.45, 7) is 9.54. The number of carbonyl (C=O) groups excluding carboxylic acids is 1. The number of rotatable bonds is 2. The smallest absolute Gasteiger partial charge is 0.410 e. The molecule has 1 saturated heterocycles. The maximum Gasteiger partial charge on any atom is 0.410 e. The molecule has 0 bridgehead atoms. The molecule has 2 fully saturated rings. The van der Waals surface area contributed by atoms with E-state index in [0.717, 1.165) is 25.9 Å². The minimum absolute atomic E-state index is 0.0658. The lowest BCUT2D eigenvalue weighted by Crippen LogP contribution is -2.57. The number of hydrogen-bond donors (Lipinski definition) is 1. The second kappa shape index (κ2) is 4.72. The third-order valence-corrected chi connectivity index (χ3v) is 3.48. The molecular weight excluding hydrogens is 228 g/mol. The maximum absolute atomic E-state index is 12.1. The summed E-state index contributed by atoms with van der Waals surface area (Å²) >= 11 is 0. The monoisotopic (exact) mass is 254 g/mol. The fourth-order valence-corrected chi connectivity index (χ4v) is 2.56. The quantitative estimate of drug-likeness (QED) is 0.823. The normalized spacial score (nSPS) is 29.2. The molecule has 104 valence electrons. The summed E-state index contributed by atoms with van der Waals surface area (Å²) in [6, 6.07) is 0.675. The molecule has 0 radical (unpaired) electrons. The van der Waals surface area contributed by atoms with Crippen LogP contribution in [0.25, 0.3) is 0 Å². The molecule has 4 nitrogen and oxygen atoms in total. The SMILES string of the molecule is CC(C)(C)OC(=O)N1CCC[C@@](C)(NC2CC2)C1. The van der Waals surface area contributed by atoms with Gasteiger partial charge in [0, 0.05) is 24.7 Å². The van der Waals surface area contributed by atoms with Gasteiger partial charge in [0.1, 0.15) is 5.60 Å². The zero-order valence-electron chi connectivity index (χ0n) is 12.1. The van der Waals surface area contributed by atoms with Gasteiger partial charge >= 0.3 is 6.09 Å². The number of likely N-dealkylation sites (tertiary alicyclic amines) is 1. The predicted octanol–water partition coefficient (Wildman–Crippen LogP) is 2.53. The summed E-state index contributed by atoms with van der Waals surface area (Å²) in [5.41, 5.74) is -0.342. The van der Waals surface area contributed by atoms with Gasteiger partial charge in [0.15, 0.2) is 0 Å². The largest absolute Gasteiger partial charge is 0.444 e. The van der Waals surface area contributed by atoms with Gasteiger partial charge in [0.05, 0.1) is 0 Å². The molecule has 18 heavy (non-hydrogen) atoms. The van der Waals surface area contributed by atoms with Crippen molar-refractivity contribution >= 4 is 6.09 Å². The summed E-state index contributed by atoms with van der Waals surface area (Å²) in [5.74, 6) is 0. The Morgan fingerprint density at radius 2 is 2.06 bits per heavy atom. The van der Waals surface area contributed by atoms with Crippen molar-refractivity contribution < 1.29 is 9.53 Å². The van der Waals surface area contributed by atoms with E-state index >= 15 is 0 Å². The highest BCUT2D eigenvalue weighted by Gasteiger charge is 2.38. The van der Waals surface area contributed by atoms with Crippen LogP contribution in [0.1, 0.15) is 53.4 Å². The number of hydrogen-bond acceptors (Lipinski definition) is 3. The van der Waals surface area contributed by atoms with Crippen molar-refractivity contribution in [1.29, 1.82) is 0 Å². The molecule has 0 unspecified atom stereocenters. The van der Waals surface area contributed by atoms with Crippen LogP contribution < -0.4 is 5.32 Å². The predicted molar refractivity (Wildman–Crippen MR) is 71.6 cm³/mol. The first-order chi connectivity index (χ1) is 8.27. The summed E-state index contributed by atoms with van der Waals surface area (Å²) in [7, 11) is 0. The van der Waals surface area contributed by atoms with E-state index in [4.69, 9.17) is 4.74 Å². The van der Waals surface area contributed by atoms with Gasteiger partial charge in [-0.25, -0.2) is 4.79 Å². The van der Waals surface area contributed by atoms with Gasteiger partial charge in [-0.05, 0) is 53.4 Å². The molecule has 2 aliphatic rings. The maximum atomic E-state index is 12.1. The molecule has 1 heterocycles. The minimum Gasteiger partial charge on any atom is -0.444 e. The fraction of sp³-hybridized carbons (Fsp3) is 0.929. The number of amides is 1. The Labute approximate surface area is 110 Å². The van der Waals surface area contributed by atoms with E-state index in [1.54, 1.807) is 0 Å². The van der Waals surface area contributed by atoms with Gasteiger partial charge in [-0.15, -0.1) is 0 Å². The van der Waals surface area contributed by atoms with Crippen LogP contribution in [0.15, 0.2) is 0 Å². The molecular formula is C14H26N2O2. The number of ether oxygens (including phenoxy) is 1. The molecule has 0 aromatic heterocycles. The van der Waals surface area contributed by atoms with Crippen LogP contribution >= 0.6 is 0 Å². The van der Waals surface area contributed by atoms with Gasteiger partial charge in [-0.2, -0.15) is 0 Å². The molecule has 1 atom stereocenters. The second-order valence-electron chi connectivity index (χ2n) is 6.98. The van der Waals surface area contributed by atoms with Gasteiger partial charge in [0.25, 0.3) is 0 Å². The Hall–Kier alpha value is -0.770. The molecule has 1 saturated carbocycles. The first-order valence-corrected chi connectivity index (χ1v) is 7.03. The van der Waals surface area contributed by atoms with Crippen LogP contribution in [0.5, 0.6) is 0 Å². The molecule has 2 rings (SSSR count). The van der Waals surface area contributed by atoms with Crippen molar-refractivity contribution in [3.8, 4) is 0 Å². The zero-order chi connectivity index (χ0) is 13.4. The van der Waals surface area contributed by atoms with Crippen LogP contribution in [0, 0.1) is 0 Å². The lowest BCUT2D eigenvalue weighted by atomic mass is 9.91. The Morgan fingerprint density at radius 3 is 2.61 bits per heavy atom. The Kier molecular flexibility index (Phi) is 3.58. The number of piperidine rings is 1. The average molecular weight is 254 g/mol. The highest BCUT2D eigenvalue weighted by atomic mass is 16.6. The first-order valence-electron chi connectivity index (χ1n) is 7.03. The van der Waals surface area contributed by atoms with Crippen LogP contribution in [-0.4, -0.2) is 41.3 Å². The van der Waals surface area contributed by atoms with Gasteiger partial charge in [0.2, 0.25) is 0 Å². The molecule has 1 aliphatic heterocycles. The van der Waals surface area contributed by atoms with Crippen molar-refractivity contribution in [2.24, 2.45) is 0 Å². The fourth-order valence-electron chi connectivity index (χ4n) is 2.56. The molecule has 0 spiro atoms. The molecule has 1 amide bonds. The summed E-state index contributed by atoms with van der Waals surface area (Å²) in [6.07, 6.45) is 4.58. The molecule has 1 N–H and O–H groups in total. The van der Waals surface area contributed by atoms with E-state index in [1.165, 1.54) is 12.8 Å². The van der Waals surface area contributed by atoms with Crippen LogP contribution in [0.2, 0.25) is 0 Å². The van der Waals surface area contributed by atoms with Crippen LogP contribution in [0.3, 0.4) is 0 Å². The van der Waals surface area contributed by atoms with Crippen molar-refractivity contribution in [3.05, 3.63) is 0 Å². The Bertz CT molecular complexity index is 320. The van der Waals surface area contributed by atoms with Crippen molar-refractivity contribution in [2.75, 3.05) is 13.1 Å². The van der Waals surface area contributed by atoms with Crippen molar-refractivity contribution in [3.63, 3.8) is 0 Å². The molecule has 0 aromatic carbocycles. The van der Waals surface area contributed by atoms with E-state index in [0.29, 0.717) is 6.04 Å². The number of nitrogens with one attached hydrogen (secondary N) is 1. The van der Waals surface area contributed by atoms with Gasteiger partial charge in [-0.3, -0.25) is 0 Å². The first kappa shape index (κ1) is 13.7. The van der Waals surface area contributed by atoms with E-state index < -0.39 is 5.60 Å². The zero-order valence-corrected chi connectivity index (χ0v) is 12.1. The minimum atomic E-state index is -0.408. The summed E-state index contributed by atoms with van der Waals surface area (Å²) in [5, 5.41) is 3.67. The second-order valence-corrected chi connectivity index (χ2v) is 6.98. The van der Waals surface area contributed by atoms with E-state index in [9.17, 15) is 4.79 Å². The third-order valence-electron chi connectivity index (χ3n) is 3.48. The standard InChI is InChI=1S/C14H26N2O2/c1-13(2,3)18-12(17)16-9-5-8-14(4,10-16)15-11-6-7-11/h11,15H,5-10H2,1-4H3/t14-/m1/s1. The Morgan fingerprint density at radius 1 is 1.39 bits per heavy atom. The number of carbonyl (C=O) groups is 1. The van der Waals surface area contributed by atoms with Gasteiger partial charge < -0.3 is 15.0 Å². The molecule has 4 heteroatoms. The molecule has 1 aliphatic carbocycles. The van der Waals surface area contributed by atoms with Crippen molar-refractivity contribution in [2.45, 2.75) is 70.6 Å². The number of nitrogens with zero attached hydrogens (tertiary/aromatic N) is 1. The van der Waals surface area contributed by atoms with Crippen molar-refractivity contribution in [1.82, 2.24) is 10.2 Å². The highest BCUT2D eigenvalue weighted by Crippen LogP contribution is 2.28. The van der Waals surface area contributed by atoms with Crippen LogP contribution in [-0.2, 0) is 4.74 Å². The van der Waals surface area contributed by atoms with E-state index in [-0.39, 0.29) is 11.6 Å². The Balaban J connectivity index is 1.90. The summed E-state index contributed by atoms with van der Waals surface area (Å²) in [4.78, 5) is 13.9. The van der Waals surface area contributed by atoms with E-state index in [2.05, 4.69) is 12.2 Å².